The molecule has 1 aromatic rings. The Morgan fingerprint density at radius 3 is 2.40 bits per heavy atom. The molecule has 0 unspecified atom stereocenters. The fraction of sp³-hybridized carbons (Fsp3) is 0.400. The van der Waals surface area contributed by atoms with Crippen molar-refractivity contribution in [2.24, 2.45) is 11.7 Å². The van der Waals surface area contributed by atoms with Gasteiger partial charge in [0.15, 0.2) is 0 Å². The quantitative estimate of drug-likeness (QED) is 0.786. The summed E-state index contributed by atoms with van der Waals surface area (Å²) in [7, 11) is 0. The van der Waals surface area contributed by atoms with Crippen LogP contribution in [0, 0.1) is 5.92 Å². The van der Waals surface area contributed by atoms with Gasteiger partial charge in [0.1, 0.15) is 5.75 Å². The van der Waals surface area contributed by atoms with Crippen LogP contribution in [0.25, 0.3) is 0 Å². The second-order valence-corrected chi connectivity index (χ2v) is 6.28. The maximum atomic E-state index is 9.79. The highest BCUT2D eigenvalue weighted by molar-refractivity contribution is 9.11. The van der Waals surface area contributed by atoms with Gasteiger partial charge in [-0.25, -0.2) is 0 Å². The Balaban J connectivity index is 2.49. The van der Waals surface area contributed by atoms with Crippen molar-refractivity contribution < 1.29 is 5.11 Å². The summed E-state index contributed by atoms with van der Waals surface area (Å²) in [6.45, 7) is 0. The van der Waals surface area contributed by atoms with E-state index in [-0.39, 0.29) is 11.8 Å². The van der Waals surface area contributed by atoms with Gasteiger partial charge in [-0.1, -0.05) is 15.9 Å². The highest BCUT2D eigenvalue weighted by Gasteiger charge is 2.32. The third-order valence-corrected chi connectivity index (χ3v) is 4.71. The van der Waals surface area contributed by atoms with Crippen LogP contribution in [0.1, 0.15) is 24.4 Å². The van der Waals surface area contributed by atoms with E-state index in [1.165, 1.54) is 12.8 Å². The van der Waals surface area contributed by atoms with Crippen molar-refractivity contribution in [3.63, 3.8) is 0 Å². The molecule has 1 fully saturated rings. The van der Waals surface area contributed by atoms with E-state index in [1.807, 2.05) is 6.07 Å². The van der Waals surface area contributed by atoms with E-state index < -0.39 is 0 Å². The van der Waals surface area contributed by atoms with Gasteiger partial charge < -0.3 is 10.8 Å². The highest BCUT2D eigenvalue weighted by atomic mass is 79.9. The van der Waals surface area contributed by atoms with E-state index in [9.17, 15) is 5.11 Å². The summed E-state index contributed by atoms with van der Waals surface area (Å²) in [6, 6.07) is 1.82. The average molecular weight is 400 g/mol. The summed E-state index contributed by atoms with van der Waals surface area (Å²) < 4.78 is 2.27. The van der Waals surface area contributed by atoms with Crippen LogP contribution < -0.4 is 5.73 Å². The van der Waals surface area contributed by atoms with Gasteiger partial charge in [-0.3, -0.25) is 0 Å². The minimum Gasteiger partial charge on any atom is -0.506 e. The maximum Gasteiger partial charge on any atom is 0.144 e. The number of hydrogen-bond acceptors (Lipinski definition) is 2. The monoisotopic (exact) mass is 397 g/mol. The molecule has 2 nitrogen and oxygen atoms in total. The molecule has 0 spiro atoms. The van der Waals surface area contributed by atoms with Crippen molar-refractivity contribution in [2.75, 3.05) is 0 Å². The van der Waals surface area contributed by atoms with Crippen LogP contribution in [-0.2, 0) is 0 Å². The standard InChI is InChI=1S/C10H10Br3NO/c11-5-3-6(12)10(15)8(13)7(5)9(14)4-1-2-4/h3-4,9,15H,1-2,14H2/t9-/m1/s1. The second-order valence-electron chi connectivity index (χ2n) is 3.78. The maximum absolute atomic E-state index is 9.79. The van der Waals surface area contributed by atoms with Crippen LogP contribution in [0.2, 0.25) is 0 Å². The molecule has 1 saturated carbocycles. The van der Waals surface area contributed by atoms with Gasteiger partial charge in [-0.15, -0.1) is 0 Å². The molecule has 0 heterocycles. The molecule has 15 heavy (non-hydrogen) atoms. The molecule has 0 amide bonds. The molecular formula is C10H10Br3NO. The molecule has 1 aromatic carbocycles. The van der Waals surface area contributed by atoms with E-state index in [1.54, 1.807) is 0 Å². The lowest BCUT2D eigenvalue weighted by molar-refractivity contribution is 0.465. The normalized spacial score (nSPS) is 17.9. The number of aromatic hydroxyl groups is 1. The van der Waals surface area contributed by atoms with Crippen LogP contribution >= 0.6 is 47.8 Å². The number of benzene rings is 1. The zero-order valence-electron chi connectivity index (χ0n) is 7.80. The lowest BCUT2D eigenvalue weighted by Gasteiger charge is -2.16. The first-order valence-corrected chi connectivity index (χ1v) is 7.02. The van der Waals surface area contributed by atoms with E-state index in [0.717, 1.165) is 10.0 Å². The van der Waals surface area contributed by atoms with Gasteiger partial charge >= 0.3 is 0 Å². The van der Waals surface area contributed by atoms with Crippen LogP contribution in [-0.4, -0.2) is 5.11 Å². The molecule has 0 saturated heterocycles. The molecule has 0 radical (unpaired) electrons. The Labute approximate surface area is 114 Å². The summed E-state index contributed by atoms with van der Waals surface area (Å²) in [6.07, 6.45) is 2.35. The molecule has 1 aliphatic rings. The molecular weight excluding hydrogens is 390 g/mol. The van der Waals surface area contributed by atoms with Gasteiger partial charge in [0.05, 0.1) is 8.95 Å². The van der Waals surface area contributed by atoms with Gasteiger partial charge in [0, 0.05) is 16.1 Å². The molecule has 0 aromatic heterocycles. The Kier molecular flexibility index (Phi) is 3.45. The Bertz CT molecular complexity index is 404. The first-order valence-electron chi connectivity index (χ1n) is 4.64. The van der Waals surface area contributed by atoms with Crippen LogP contribution in [0.4, 0.5) is 0 Å². The fourth-order valence-corrected chi connectivity index (χ4v) is 4.24. The molecule has 1 atom stereocenters. The zero-order chi connectivity index (χ0) is 11.2. The average Bonchev–Trinajstić information content (AvgIpc) is 2.97. The first-order chi connectivity index (χ1) is 7.02. The Hall–Kier alpha value is 0.420. The molecule has 3 N–H and O–H groups in total. The molecule has 5 heteroatoms. The predicted molar refractivity (Wildman–Crippen MR) is 70.9 cm³/mol. The van der Waals surface area contributed by atoms with Crippen molar-refractivity contribution in [2.45, 2.75) is 18.9 Å². The largest absolute Gasteiger partial charge is 0.506 e. The first kappa shape index (κ1) is 11.9. The molecule has 0 aliphatic heterocycles. The minimum absolute atomic E-state index is 0.00671. The van der Waals surface area contributed by atoms with Gasteiger partial charge in [0.25, 0.3) is 0 Å². The Morgan fingerprint density at radius 1 is 1.27 bits per heavy atom. The number of phenols is 1. The van der Waals surface area contributed by atoms with Gasteiger partial charge in [-0.05, 0) is 56.7 Å². The topological polar surface area (TPSA) is 46.2 Å². The summed E-state index contributed by atoms with van der Waals surface area (Å²) in [5, 5.41) is 9.79. The van der Waals surface area contributed by atoms with Crippen molar-refractivity contribution >= 4 is 47.8 Å². The van der Waals surface area contributed by atoms with Crippen molar-refractivity contribution in [1.29, 1.82) is 0 Å². The molecule has 2 rings (SSSR count). The Morgan fingerprint density at radius 2 is 1.87 bits per heavy atom. The summed E-state index contributed by atoms with van der Waals surface area (Å²) in [4.78, 5) is 0. The van der Waals surface area contributed by atoms with Crippen molar-refractivity contribution in [3.05, 3.63) is 25.0 Å². The third kappa shape index (κ3) is 2.25. The number of nitrogens with two attached hydrogens (primary N) is 1. The lowest BCUT2D eigenvalue weighted by atomic mass is 10.0. The SMILES string of the molecule is N[C@@H](c1c(Br)cc(Br)c(O)c1Br)C1CC1. The minimum atomic E-state index is -0.00671. The van der Waals surface area contributed by atoms with Crippen LogP contribution in [0.5, 0.6) is 5.75 Å². The molecule has 0 bridgehead atoms. The van der Waals surface area contributed by atoms with Crippen molar-refractivity contribution in [3.8, 4) is 5.75 Å². The smallest absolute Gasteiger partial charge is 0.144 e. The van der Waals surface area contributed by atoms with Crippen LogP contribution in [0.15, 0.2) is 19.5 Å². The second kappa shape index (κ2) is 4.35. The molecule has 82 valence electrons. The predicted octanol–water partition coefficient (Wildman–Crippen LogP) is 4.09. The van der Waals surface area contributed by atoms with Gasteiger partial charge in [-0.2, -0.15) is 0 Å². The van der Waals surface area contributed by atoms with E-state index in [2.05, 4.69) is 47.8 Å². The highest BCUT2D eigenvalue weighted by Crippen LogP contribution is 2.47. The summed E-state index contributed by atoms with van der Waals surface area (Å²) in [5.74, 6) is 0.766. The fourth-order valence-electron chi connectivity index (χ4n) is 1.59. The third-order valence-electron chi connectivity index (χ3n) is 2.64. The lowest BCUT2D eigenvalue weighted by Crippen LogP contribution is -2.13. The number of halogens is 3. The summed E-state index contributed by atoms with van der Waals surface area (Å²) >= 11 is 10.1. The van der Waals surface area contributed by atoms with E-state index >= 15 is 0 Å². The van der Waals surface area contributed by atoms with Crippen LogP contribution in [0.3, 0.4) is 0 Å². The van der Waals surface area contributed by atoms with Crippen molar-refractivity contribution in [1.82, 2.24) is 0 Å². The van der Waals surface area contributed by atoms with E-state index in [0.29, 0.717) is 14.9 Å². The number of phenolic OH excluding ortho intramolecular Hbond substituents is 1. The molecule has 1 aliphatic carbocycles. The number of hydrogen-bond donors (Lipinski definition) is 2. The van der Waals surface area contributed by atoms with E-state index in [4.69, 9.17) is 5.73 Å². The summed E-state index contributed by atoms with van der Waals surface area (Å²) in [5.41, 5.74) is 7.09. The number of rotatable bonds is 2. The zero-order valence-corrected chi connectivity index (χ0v) is 12.6. The van der Waals surface area contributed by atoms with Gasteiger partial charge in [0.2, 0.25) is 0 Å².